The fourth-order valence-corrected chi connectivity index (χ4v) is 3.82. The van der Waals surface area contributed by atoms with E-state index in [2.05, 4.69) is 10.2 Å². The lowest BCUT2D eigenvalue weighted by Gasteiger charge is -2.27. The third-order valence-corrected chi connectivity index (χ3v) is 6.02. The summed E-state index contributed by atoms with van der Waals surface area (Å²) in [6.07, 6.45) is 0.737. The number of carbonyl (C=O) groups is 1. The van der Waals surface area contributed by atoms with E-state index in [9.17, 15) is 4.79 Å². The quantitative estimate of drug-likeness (QED) is 0.636. The highest BCUT2D eigenvalue weighted by atomic mass is 35.5. The van der Waals surface area contributed by atoms with Gasteiger partial charge in [0.05, 0.1) is 5.69 Å². The predicted octanol–water partition coefficient (Wildman–Crippen LogP) is 4.96. The molecule has 1 aliphatic rings. The molecule has 0 spiro atoms. The van der Waals surface area contributed by atoms with Crippen LogP contribution in [0, 0.1) is 13.8 Å². The number of halogens is 2. The molecule has 1 aliphatic heterocycles. The smallest absolute Gasteiger partial charge is 0.260 e. The summed E-state index contributed by atoms with van der Waals surface area (Å²) in [6.45, 7) is 4.98. The van der Waals surface area contributed by atoms with Crippen molar-refractivity contribution in [2.24, 2.45) is 0 Å². The zero-order chi connectivity index (χ0) is 20.5. The van der Waals surface area contributed by atoms with Gasteiger partial charge in [-0.3, -0.25) is 9.89 Å². The van der Waals surface area contributed by atoms with Crippen LogP contribution >= 0.6 is 23.2 Å². The number of aromatic nitrogens is 2. The summed E-state index contributed by atoms with van der Waals surface area (Å²) in [5.74, 6) is 0.602. The highest BCUT2D eigenvalue weighted by Gasteiger charge is 2.26. The minimum Gasteiger partial charge on any atom is -0.484 e. The molecule has 0 aliphatic carbocycles. The lowest BCUT2D eigenvalue weighted by Crippen LogP contribution is -2.38. The van der Waals surface area contributed by atoms with Crippen LogP contribution in [0.4, 0.5) is 0 Å². The number of hydrogen-bond donors (Lipinski definition) is 1. The van der Waals surface area contributed by atoms with Crippen molar-refractivity contribution in [3.8, 4) is 17.0 Å². The molecule has 2 heterocycles. The largest absolute Gasteiger partial charge is 0.484 e. The van der Waals surface area contributed by atoms with Gasteiger partial charge in [-0.25, -0.2) is 0 Å². The Hall–Kier alpha value is -2.50. The van der Waals surface area contributed by atoms with Crippen LogP contribution in [0.5, 0.6) is 5.75 Å². The first-order valence-corrected chi connectivity index (χ1v) is 10.2. The van der Waals surface area contributed by atoms with Gasteiger partial charge in [0, 0.05) is 46.4 Å². The predicted molar refractivity (Wildman–Crippen MR) is 115 cm³/mol. The molecule has 2 aromatic carbocycles. The van der Waals surface area contributed by atoms with E-state index in [1.807, 2.05) is 55.1 Å². The molecule has 29 heavy (non-hydrogen) atoms. The SMILES string of the molecule is Cc1cc(OCC(=O)N2CCc3[nH]nc(-c4ccc(Cl)cc4)c3C2)cc(C)c1Cl. The van der Waals surface area contributed by atoms with Gasteiger partial charge in [0.25, 0.3) is 5.91 Å². The fourth-order valence-electron chi connectivity index (χ4n) is 3.58. The van der Waals surface area contributed by atoms with E-state index in [0.717, 1.165) is 45.1 Å². The number of hydrogen-bond acceptors (Lipinski definition) is 3. The Bertz CT molecular complexity index is 1040. The Kier molecular flexibility index (Phi) is 5.52. The molecule has 1 amide bonds. The van der Waals surface area contributed by atoms with Gasteiger partial charge >= 0.3 is 0 Å². The van der Waals surface area contributed by atoms with Crippen molar-refractivity contribution < 1.29 is 9.53 Å². The Morgan fingerprint density at radius 2 is 1.86 bits per heavy atom. The maximum absolute atomic E-state index is 12.8. The molecular weight excluding hydrogens is 409 g/mol. The Morgan fingerprint density at radius 1 is 1.17 bits per heavy atom. The first kappa shape index (κ1) is 19.8. The maximum Gasteiger partial charge on any atom is 0.260 e. The fraction of sp³-hybridized carbons (Fsp3) is 0.273. The molecule has 1 N–H and O–H groups in total. The normalized spacial score (nSPS) is 13.3. The van der Waals surface area contributed by atoms with Crippen LogP contribution < -0.4 is 4.74 Å². The number of aromatic amines is 1. The Balaban J connectivity index is 1.46. The highest BCUT2D eigenvalue weighted by molar-refractivity contribution is 6.32. The number of ether oxygens (including phenoxy) is 1. The molecule has 0 bridgehead atoms. The standard InChI is InChI=1S/C22H21Cl2N3O2/c1-13-9-17(10-14(2)21(13)24)29-12-20(28)27-8-7-19-18(11-27)22(26-25-19)15-3-5-16(23)6-4-15/h3-6,9-10H,7-8,11-12H2,1-2H3,(H,25,26). The summed E-state index contributed by atoms with van der Waals surface area (Å²) in [6, 6.07) is 11.3. The van der Waals surface area contributed by atoms with Crippen LogP contribution in [-0.2, 0) is 17.8 Å². The Labute approximate surface area is 179 Å². The van der Waals surface area contributed by atoms with Crippen molar-refractivity contribution in [2.75, 3.05) is 13.2 Å². The lowest BCUT2D eigenvalue weighted by atomic mass is 10.0. The lowest BCUT2D eigenvalue weighted by molar-refractivity contribution is -0.134. The molecule has 4 rings (SSSR count). The summed E-state index contributed by atoms with van der Waals surface area (Å²) in [7, 11) is 0. The Morgan fingerprint density at radius 3 is 2.55 bits per heavy atom. The number of benzene rings is 2. The van der Waals surface area contributed by atoms with Gasteiger partial charge in [-0.05, 0) is 49.2 Å². The molecule has 0 fully saturated rings. The maximum atomic E-state index is 12.8. The van der Waals surface area contributed by atoms with E-state index >= 15 is 0 Å². The first-order valence-electron chi connectivity index (χ1n) is 9.41. The average molecular weight is 430 g/mol. The molecule has 0 atom stereocenters. The summed E-state index contributed by atoms with van der Waals surface area (Å²) in [4.78, 5) is 14.6. The van der Waals surface area contributed by atoms with Crippen molar-refractivity contribution in [3.05, 3.63) is 68.8 Å². The van der Waals surface area contributed by atoms with Crippen molar-refractivity contribution in [2.45, 2.75) is 26.8 Å². The molecule has 0 saturated carbocycles. The van der Waals surface area contributed by atoms with Gasteiger partial charge in [0.15, 0.2) is 6.61 Å². The molecular formula is C22H21Cl2N3O2. The van der Waals surface area contributed by atoms with Crippen molar-refractivity contribution in [3.63, 3.8) is 0 Å². The second kappa shape index (κ2) is 8.09. The van der Waals surface area contributed by atoms with Crippen molar-refractivity contribution in [1.29, 1.82) is 0 Å². The monoisotopic (exact) mass is 429 g/mol. The minimum absolute atomic E-state index is 0.00995. The summed E-state index contributed by atoms with van der Waals surface area (Å²) < 4.78 is 5.75. The van der Waals surface area contributed by atoms with E-state index in [0.29, 0.717) is 23.9 Å². The van der Waals surface area contributed by atoms with Crippen LogP contribution in [0.1, 0.15) is 22.4 Å². The third-order valence-electron chi connectivity index (χ3n) is 5.18. The molecule has 0 radical (unpaired) electrons. The molecule has 150 valence electrons. The number of fused-ring (bicyclic) bond motifs is 1. The second-order valence-corrected chi connectivity index (χ2v) is 8.08. The van der Waals surface area contributed by atoms with E-state index in [1.165, 1.54) is 0 Å². The zero-order valence-electron chi connectivity index (χ0n) is 16.3. The van der Waals surface area contributed by atoms with Crippen LogP contribution in [0.15, 0.2) is 36.4 Å². The van der Waals surface area contributed by atoms with E-state index < -0.39 is 0 Å². The number of rotatable bonds is 4. The summed E-state index contributed by atoms with van der Waals surface area (Å²) >= 11 is 12.2. The topological polar surface area (TPSA) is 58.2 Å². The molecule has 7 heteroatoms. The van der Waals surface area contributed by atoms with Crippen molar-refractivity contribution >= 4 is 29.1 Å². The van der Waals surface area contributed by atoms with Gasteiger partial charge in [-0.15, -0.1) is 0 Å². The third kappa shape index (κ3) is 4.11. The van der Waals surface area contributed by atoms with Gasteiger partial charge in [0.1, 0.15) is 5.75 Å². The van der Waals surface area contributed by atoms with E-state index in [4.69, 9.17) is 27.9 Å². The van der Waals surface area contributed by atoms with Crippen LogP contribution in [0.3, 0.4) is 0 Å². The molecule has 1 aromatic heterocycles. The number of amides is 1. The average Bonchev–Trinajstić information content (AvgIpc) is 3.14. The van der Waals surface area contributed by atoms with Gasteiger partial charge in [0.2, 0.25) is 0 Å². The van der Waals surface area contributed by atoms with Crippen LogP contribution in [0.25, 0.3) is 11.3 Å². The molecule has 0 unspecified atom stereocenters. The van der Waals surface area contributed by atoms with Gasteiger partial charge in [-0.1, -0.05) is 35.3 Å². The molecule has 0 saturated heterocycles. The summed E-state index contributed by atoms with van der Waals surface area (Å²) in [5, 5.41) is 8.98. The van der Waals surface area contributed by atoms with Crippen LogP contribution in [-0.4, -0.2) is 34.2 Å². The summed E-state index contributed by atoms with van der Waals surface area (Å²) in [5.41, 5.74) is 5.82. The first-order chi connectivity index (χ1) is 13.9. The van der Waals surface area contributed by atoms with Gasteiger partial charge < -0.3 is 9.64 Å². The molecule has 3 aromatic rings. The van der Waals surface area contributed by atoms with Crippen molar-refractivity contribution in [1.82, 2.24) is 15.1 Å². The number of nitrogens with zero attached hydrogens (tertiary/aromatic N) is 2. The van der Waals surface area contributed by atoms with Gasteiger partial charge in [-0.2, -0.15) is 5.10 Å². The number of nitrogens with one attached hydrogen (secondary N) is 1. The van der Waals surface area contributed by atoms with E-state index in [1.54, 1.807) is 0 Å². The number of H-pyrrole nitrogens is 1. The minimum atomic E-state index is -0.0517. The number of carbonyl (C=O) groups excluding carboxylic acids is 1. The van der Waals surface area contributed by atoms with Crippen LogP contribution in [0.2, 0.25) is 10.0 Å². The number of aryl methyl sites for hydroxylation is 2. The zero-order valence-corrected chi connectivity index (χ0v) is 17.8. The second-order valence-electron chi connectivity index (χ2n) is 7.26. The van der Waals surface area contributed by atoms with E-state index in [-0.39, 0.29) is 12.5 Å². The highest BCUT2D eigenvalue weighted by Crippen LogP contribution is 2.30. The molecule has 5 nitrogen and oxygen atoms in total.